The maximum absolute atomic E-state index is 2.26. The summed E-state index contributed by atoms with van der Waals surface area (Å²) >= 11 is 0. The van der Waals surface area contributed by atoms with Gasteiger partial charge in [-0.2, -0.15) is 0 Å². The van der Waals surface area contributed by atoms with Crippen LogP contribution in [0.5, 0.6) is 0 Å². The molecule has 0 aliphatic heterocycles. The minimum atomic E-state index is 1.24. The Kier molecular flexibility index (Phi) is 8.27. The van der Waals surface area contributed by atoms with Crippen LogP contribution in [0, 0.1) is 13.8 Å². The van der Waals surface area contributed by atoms with Crippen LogP contribution in [-0.2, 0) is 14.1 Å². The van der Waals surface area contributed by atoms with Crippen LogP contribution in [0.3, 0.4) is 0 Å². The smallest absolute Gasteiger partial charge is 0.201 e. The standard InChI is InChI=1S/2C19H18N/c1-15-8-6-7-11-18(15)19-14-17(12-13-20(19)2)16-9-4-3-5-10-16;1-15-8-6-7-11-18(15)19-13-12-17(14-20(19)2)16-9-4-3-5-10-16/h2*3-14H,1-2H3/q2*+1. The summed E-state index contributed by atoms with van der Waals surface area (Å²) in [5, 5.41) is 0. The summed E-state index contributed by atoms with van der Waals surface area (Å²) in [7, 11) is 4.20. The summed E-state index contributed by atoms with van der Waals surface area (Å²) in [5.74, 6) is 0. The molecule has 0 N–H and O–H groups in total. The van der Waals surface area contributed by atoms with Crippen molar-refractivity contribution in [3.63, 3.8) is 0 Å². The van der Waals surface area contributed by atoms with E-state index < -0.39 is 0 Å². The molecule has 196 valence electrons. The van der Waals surface area contributed by atoms with Crippen LogP contribution in [-0.4, -0.2) is 0 Å². The van der Waals surface area contributed by atoms with Crippen molar-refractivity contribution in [2.75, 3.05) is 0 Å². The van der Waals surface area contributed by atoms with Gasteiger partial charge in [0, 0.05) is 34.9 Å². The molecule has 2 nitrogen and oxygen atoms in total. The number of hydrogen-bond acceptors (Lipinski definition) is 0. The second kappa shape index (κ2) is 12.4. The molecule has 2 heterocycles. The number of aromatic nitrogens is 2. The van der Waals surface area contributed by atoms with Gasteiger partial charge in [0.05, 0.1) is 0 Å². The highest BCUT2D eigenvalue weighted by Crippen LogP contribution is 2.26. The first-order chi connectivity index (χ1) is 19.5. The van der Waals surface area contributed by atoms with Gasteiger partial charge < -0.3 is 0 Å². The Bertz CT molecular complexity index is 1720. The molecule has 40 heavy (non-hydrogen) atoms. The topological polar surface area (TPSA) is 7.76 Å². The van der Waals surface area contributed by atoms with Crippen LogP contribution >= 0.6 is 0 Å². The molecule has 0 atom stereocenters. The molecule has 0 spiro atoms. The highest BCUT2D eigenvalue weighted by atomic mass is 14.9. The summed E-state index contributed by atoms with van der Waals surface area (Å²) < 4.78 is 4.37. The number of aryl methyl sites for hydroxylation is 4. The fourth-order valence-electron chi connectivity index (χ4n) is 5.06. The zero-order valence-corrected chi connectivity index (χ0v) is 23.8. The Balaban J connectivity index is 0.000000161. The van der Waals surface area contributed by atoms with Crippen LogP contribution in [0.25, 0.3) is 44.8 Å². The van der Waals surface area contributed by atoms with Crippen molar-refractivity contribution in [2.24, 2.45) is 14.1 Å². The maximum Gasteiger partial charge on any atom is 0.213 e. The molecule has 0 amide bonds. The first-order valence-corrected chi connectivity index (χ1v) is 13.7. The lowest BCUT2D eigenvalue weighted by Crippen LogP contribution is -2.30. The van der Waals surface area contributed by atoms with Gasteiger partial charge in [-0.05, 0) is 59.9 Å². The molecule has 0 saturated carbocycles. The highest BCUT2D eigenvalue weighted by molar-refractivity contribution is 5.70. The minimum absolute atomic E-state index is 1.24. The zero-order chi connectivity index (χ0) is 27.9. The molecule has 0 aliphatic carbocycles. The van der Waals surface area contributed by atoms with E-state index in [-0.39, 0.29) is 0 Å². The highest BCUT2D eigenvalue weighted by Gasteiger charge is 2.14. The van der Waals surface area contributed by atoms with Crippen molar-refractivity contribution in [1.29, 1.82) is 0 Å². The third kappa shape index (κ3) is 6.08. The van der Waals surface area contributed by atoms with Gasteiger partial charge in [-0.1, -0.05) is 97.1 Å². The summed E-state index contributed by atoms with van der Waals surface area (Å²) in [6.45, 7) is 4.31. The van der Waals surface area contributed by atoms with Crippen LogP contribution in [0.4, 0.5) is 0 Å². The second-order valence-corrected chi connectivity index (χ2v) is 10.2. The van der Waals surface area contributed by atoms with Crippen molar-refractivity contribution in [3.05, 3.63) is 157 Å². The Labute approximate surface area is 238 Å². The van der Waals surface area contributed by atoms with E-state index in [1.165, 1.54) is 55.9 Å². The van der Waals surface area contributed by atoms with Crippen molar-refractivity contribution in [1.82, 2.24) is 0 Å². The SMILES string of the molecule is Cc1ccccc1-c1cc(-c2ccccc2)cc[n+]1C.Cc1ccccc1-c1ccc(-c2ccccc2)c[n+]1C. The summed E-state index contributed by atoms with van der Waals surface area (Å²) in [6, 6.07) is 46.8. The molecule has 0 aliphatic rings. The van der Waals surface area contributed by atoms with Crippen LogP contribution < -0.4 is 9.13 Å². The van der Waals surface area contributed by atoms with Gasteiger partial charge in [-0.3, -0.25) is 0 Å². The largest absolute Gasteiger partial charge is 0.213 e. The zero-order valence-electron chi connectivity index (χ0n) is 23.8. The second-order valence-electron chi connectivity index (χ2n) is 10.2. The molecule has 2 aromatic heterocycles. The molecular formula is C38H36N2+2. The van der Waals surface area contributed by atoms with E-state index in [4.69, 9.17) is 0 Å². The molecule has 0 fully saturated rings. The number of benzene rings is 4. The quantitative estimate of drug-likeness (QED) is 0.207. The van der Waals surface area contributed by atoms with Gasteiger partial charge in [-0.15, -0.1) is 0 Å². The van der Waals surface area contributed by atoms with Crippen LogP contribution in [0.2, 0.25) is 0 Å². The van der Waals surface area contributed by atoms with E-state index in [2.05, 4.69) is 177 Å². The average Bonchev–Trinajstić information content (AvgIpc) is 2.99. The van der Waals surface area contributed by atoms with E-state index in [1.54, 1.807) is 0 Å². The molecule has 0 bridgehead atoms. The van der Waals surface area contributed by atoms with E-state index in [0.29, 0.717) is 0 Å². The summed E-state index contributed by atoms with van der Waals surface area (Å²) in [5.41, 5.74) is 12.6. The lowest BCUT2D eigenvalue weighted by atomic mass is 10.0. The third-order valence-electron chi connectivity index (χ3n) is 7.34. The first-order valence-electron chi connectivity index (χ1n) is 13.7. The van der Waals surface area contributed by atoms with Crippen molar-refractivity contribution in [2.45, 2.75) is 13.8 Å². The molecular weight excluding hydrogens is 484 g/mol. The van der Waals surface area contributed by atoms with Gasteiger partial charge >= 0.3 is 0 Å². The molecule has 0 radical (unpaired) electrons. The van der Waals surface area contributed by atoms with Gasteiger partial charge in [0.1, 0.15) is 14.1 Å². The molecule has 0 unspecified atom stereocenters. The van der Waals surface area contributed by atoms with Gasteiger partial charge in [0.25, 0.3) is 0 Å². The number of rotatable bonds is 4. The van der Waals surface area contributed by atoms with Crippen LogP contribution in [0.1, 0.15) is 11.1 Å². The first kappa shape index (κ1) is 26.8. The normalized spacial score (nSPS) is 10.5. The van der Waals surface area contributed by atoms with E-state index >= 15 is 0 Å². The number of nitrogens with zero attached hydrogens (tertiary/aromatic N) is 2. The van der Waals surface area contributed by atoms with Gasteiger partial charge in [0.15, 0.2) is 12.4 Å². The summed E-state index contributed by atoms with van der Waals surface area (Å²) in [4.78, 5) is 0. The average molecular weight is 521 g/mol. The molecule has 2 heteroatoms. The fourth-order valence-corrected chi connectivity index (χ4v) is 5.06. The molecule has 0 saturated heterocycles. The third-order valence-corrected chi connectivity index (χ3v) is 7.34. The predicted octanol–water partition coefficient (Wildman–Crippen LogP) is 8.31. The summed E-state index contributed by atoms with van der Waals surface area (Å²) in [6.07, 6.45) is 4.32. The Morgan fingerprint density at radius 1 is 0.400 bits per heavy atom. The monoisotopic (exact) mass is 520 g/mol. The molecule has 6 aromatic rings. The number of hydrogen-bond donors (Lipinski definition) is 0. The maximum atomic E-state index is 2.26. The fraction of sp³-hybridized carbons (Fsp3) is 0.105. The Morgan fingerprint density at radius 3 is 1.45 bits per heavy atom. The lowest BCUT2D eigenvalue weighted by Gasteiger charge is -2.06. The van der Waals surface area contributed by atoms with E-state index in [9.17, 15) is 0 Å². The molecule has 4 aromatic carbocycles. The number of pyridine rings is 2. The van der Waals surface area contributed by atoms with Crippen LogP contribution in [0.15, 0.2) is 146 Å². The molecule has 6 rings (SSSR count). The van der Waals surface area contributed by atoms with Crippen molar-refractivity contribution < 1.29 is 9.13 Å². The Morgan fingerprint density at radius 2 is 0.900 bits per heavy atom. The lowest BCUT2D eigenvalue weighted by molar-refractivity contribution is -0.660. The van der Waals surface area contributed by atoms with Crippen molar-refractivity contribution in [3.8, 4) is 44.8 Å². The van der Waals surface area contributed by atoms with Crippen molar-refractivity contribution >= 4 is 0 Å². The van der Waals surface area contributed by atoms with E-state index in [0.717, 1.165) is 0 Å². The minimum Gasteiger partial charge on any atom is -0.201 e. The Hall–Kier alpha value is -4.82. The van der Waals surface area contributed by atoms with Gasteiger partial charge in [-0.25, -0.2) is 9.13 Å². The van der Waals surface area contributed by atoms with E-state index in [1.807, 2.05) is 6.07 Å². The predicted molar refractivity (Wildman–Crippen MR) is 166 cm³/mol. The van der Waals surface area contributed by atoms with Gasteiger partial charge in [0.2, 0.25) is 11.4 Å².